The average Bonchev–Trinajstić information content (AvgIpc) is 2.88. The van der Waals surface area contributed by atoms with Gasteiger partial charge in [-0.15, -0.1) is 11.3 Å². The zero-order chi connectivity index (χ0) is 10.7. The smallest absolute Gasteiger partial charge is 0.271 e. The lowest BCUT2D eigenvalue weighted by Gasteiger charge is -1.99. The molecule has 0 fully saturated rings. The number of hydroxylamine groups is 1. The number of carbonyl (C=O) groups excluding carboxylic acids is 1. The Morgan fingerprint density at radius 1 is 1.80 bits per heavy atom. The van der Waals surface area contributed by atoms with Crippen LogP contribution >= 0.6 is 11.3 Å². The lowest BCUT2D eigenvalue weighted by molar-refractivity contribution is -0.130. The Labute approximate surface area is 90.4 Å². The van der Waals surface area contributed by atoms with Crippen LogP contribution in [0.15, 0.2) is 22.5 Å². The van der Waals surface area contributed by atoms with Gasteiger partial charge in [0.15, 0.2) is 11.9 Å². The van der Waals surface area contributed by atoms with Crippen molar-refractivity contribution in [3.05, 3.63) is 22.4 Å². The van der Waals surface area contributed by atoms with E-state index in [4.69, 9.17) is 9.94 Å². The van der Waals surface area contributed by atoms with Crippen LogP contribution in [0.3, 0.4) is 0 Å². The van der Waals surface area contributed by atoms with E-state index in [1.54, 1.807) is 16.8 Å². The SMILES string of the molecule is O=C(NO)[C@H]1COC(Cc2cccs2)=N1. The molecule has 1 atom stereocenters. The predicted octanol–water partition coefficient (Wildman–Crippen LogP) is 0.593. The van der Waals surface area contributed by atoms with Crippen molar-refractivity contribution in [1.82, 2.24) is 5.48 Å². The fourth-order valence-corrected chi connectivity index (χ4v) is 1.99. The lowest BCUT2D eigenvalue weighted by Crippen LogP contribution is -2.31. The molecule has 0 bridgehead atoms. The fraction of sp³-hybridized carbons (Fsp3) is 0.333. The molecule has 2 N–H and O–H groups in total. The first kappa shape index (κ1) is 10.1. The molecule has 0 saturated carbocycles. The normalized spacial score (nSPS) is 19.5. The molecule has 1 aromatic rings. The van der Waals surface area contributed by atoms with Crippen molar-refractivity contribution in [1.29, 1.82) is 0 Å². The largest absolute Gasteiger partial charge is 0.478 e. The molecule has 0 radical (unpaired) electrons. The first-order valence-electron chi connectivity index (χ1n) is 4.45. The van der Waals surface area contributed by atoms with Crippen molar-refractivity contribution < 1.29 is 14.7 Å². The molecule has 1 aliphatic heterocycles. The van der Waals surface area contributed by atoms with Crippen molar-refractivity contribution >= 4 is 23.1 Å². The van der Waals surface area contributed by atoms with Gasteiger partial charge in [0, 0.05) is 4.88 Å². The second-order valence-electron chi connectivity index (χ2n) is 3.08. The summed E-state index contributed by atoms with van der Waals surface area (Å²) in [7, 11) is 0. The quantitative estimate of drug-likeness (QED) is 0.585. The second kappa shape index (κ2) is 4.41. The summed E-state index contributed by atoms with van der Waals surface area (Å²) in [6.45, 7) is 0.201. The Morgan fingerprint density at radius 3 is 3.33 bits per heavy atom. The van der Waals surface area contributed by atoms with Gasteiger partial charge in [0.1, 0.15) is 6.61 Å². The summed E-state index contributed by atoms with van der Waals surface area (Å²) in [5.74, 6) is 0.0160. The number of hydrogen-bond donors (Lipinski definition) is 2. The van der Waals surface area contributed by atoms with Crippen LogP contribution < -0.4 is 5.48 Å². The Morgan fingerprint density at radius 2 is 2.67 bits per heavy atom. The van der Waals surface area contributed by atoms with E-state index in [-0.39, 0.29) is 6.61 Å². The molecule has 0 spiro atoms. The van der Waals surface area contributed by atoms with Crippen LogP contribution in [0, 0.1) is 0 Å². The first-order chi connectivity index (χ1) is 7.29. The van der Waals surface area contributed by atoms with E-state index >= 15 is 0 Å². The topological polar surface area (TPSA) is 70.9 Å². The van der Waals surface area contributed by atoms with Gasteiger partial charge in [-0.3, -0.25) is 10.0 Å². The zero-order valence-electron chi connectivity index (χ0n) is 7.84. The Kier molecular flexibility index (Phi) is 2.98. The molecular formula is C9H10N2O3S. The Hall–Kier alpha value is -1.40. The standard InChI is InChI=1S/C9H10N2O3S/c12-9(11-13)7-5-14-8(10-7)4-6-2-1-3-15-6/h1-3,7,13H,4-5H2,(H,11,12)/t7-/m1/s1. The number of nitrogens with one attached hydrogen (secondary N) is 1. The maximum Gasteiger partial charge on any atom is 0.271 e. The van der Waals surface area contributed by atoms with Gasteiger partial charge in [0.25, 0.3) is 5.91 Å². The van der Waals surface area contributed by atoms with Crippen LogP contribution in [0.5, 0.6) is 0 Å². The van der Waals surface area contributed by atoms with Crippen molar-refractivity contribution in [3.8, 4) is 0 Å². The number of nitrogens with zero attached hydrogens (tertiary/aromatic N) is 1. The van der Waals surface area contributed by atoms with Gasteiger partial charge in [-0.1, -0.05) is 6.07 Å². The van der Waals surface area contributed by atoms with Crippen LogP contribution in [-0.2, 0) is 16.0 Å². The molecule has 1 amide bonds. The van der Waals surface area contributed by atoms with E-state index in [2.05, 4.69) is 4.99 Å². The average molecular weight is 226 g/mol. The van der Waals surface area contributed by atoms with Crippen LogP contribution in [0.4, 0.5) is 0 Å². The van der Waals surface area contributed by atoms with E-state index in [0.717, 1.165) is 4.88 Å². The van der Waals surface area contributed by atoms with Crippen LogP contribution in [0.1, 0.15) is 4.88 Å². The summed E-state index contributed by atoms with van der Waals surface area (Å²) < 4.78 is 5.25. The maximum atomic E-state index is 11.0. The van der Waals surface area contributed by atoms with Crippen molar-refractivity contribution in [2.45, 2.75) is 12.5 Å². The molecule has 0 aromatic carbocycles. The van der Waals surface area contributed by atoms with Crippen LogP contribution in [0.25, 0.3) is 0 Å². The third kappa shape index (κ3) is 2.34. The molecule has 15 heavy (non-hydrogen) atoms. The molecule has 80 valence electrons. The van der Waals surface area contributed by atoms with Gasteiger partial charge in [-0.25, -0.2) is 10.5 Å². The van der Waals surface area contributed by atoms with Gasteiger partial charge in [0.2, 0.25) is 0 Å². The summed E-state index contributed by atoms with van der Waals surface area (Å²) in [5.41, 5.74) is 1.56. The first-order valence-corrected chi connectivity index (χ1v) is 5.33. The number of thiophene rings is 1. The number of hydrogen-bond acceptors (Lipinski definition) is 5. The van der Waals surface area contributed by atoms with Gasteiger partial charge in [-0.2, -0.15) is 0 Å². The van der Waals surface area contributed by atoms with E-state index in [9.17, 15) is 4.79 Å². The van der Waals surface area contributed by atoms with E-state index < -0.39 is 11.9 Å². The number of carbonyl (C=O) groups is 1. The molecule has 6 heteroatoms. The van der Waals surface area contributed by atoms with Gasteiger partial charge in [-0.05, 0) is 11.4 Å². The van der Waals surface area contributed by atoms with Crippen molar-refractivity contribution in [3.63, 3.8) is 0 Å². The summed E-state index contributed by atoms with van der Waals surface area (Å²) in [6, 6.07) is 3.31. The molecule has 2 rings (SSSR count). The minimum atomic E-state index is -0.620. The van der Waals surface area contributed by atoms with Crippen LogP contribution in [-0.4, -0.2) is 29.7 Å². The molecule has 1 aliphatic rings. The van der Waals surface area contributed by atoms with E-state index in [1.807, 2.05) is 17.5 Å². The van der Waals surface area contributed by atoms with Crippen LogP contribution in [0.2, 0.25) is 0 Å². The lowest BCUT2D eigenvalue weighted by atomic mass is 10.3. The molecule has 0 unspecified atom stereocenters. The third-order valence-corrected chi connectivity index (χ3v) is 2.90. The minimum Gasteiger partial charge on any atom is -0.478 e. The van der Waals surface area contributed by atoms with Crippen molar-refractivity contribution in [2.75, 3.05) is 6.61 Å². The highest BCUT2D eigenvalue weighted by Crippen LogP contribution is 2.14. The van der Waals surface area contributed by atoms with Gasteiger partial charge in [0.05, 0.1) is 6.42 Å². The Bertz CT molecular complexity index is 375. The van der Waals surface area contributed by atoms with E-state index in [1.165, 1.54) is 0 Å². The zero-order valence-corrected chi connectivity index (χ0v) is 8.66. The Balaban J connectivity index is 1.98. The highest BCUT2D eigenvalue weighted by molar-refractivity contribution is 7.10. The summed E-state index contributed by atoms with van der Waals surface area (Å²) in [5, 5.41) is 10.4. The fourth-order valence-electron chi connectivity index (χ4n) is 1.29. The molecule has 0 saturated heterocycles. The minimum absolute atomic E-state index is 0.201. The number of amides is 1. The summed E-state index contributed by atoms with van der Waals surface area (Å²) >= 11 is 1.61. The van der Waals surface area contributed by atoms with E-state index in [0.29, 0.717) is 12.3 Å². The van der Waals surface area contributed by atoms with Gasteiger partial charge < -0.3 is 4.74 Å². The summed E-state index contributed by atoms with van der Waals surface area (Å²) in [4.78, 5) is 16.2. The van der Waals surface area contributed by atoms with Crippen molar-refractivity contribution in [2.24, 2.45) is 4.99 Å². The highest BCUT2D eigenvalue weighted by atomic mass is 32.1. The maximum absolute atomic E-state index is 11.0. The molecular weight excluding hydrogens is 216 g/mol. The molecule has 1 aromatic heterocycles. The third-order valence-electron chi connectivity index (χ3n) is 2.03. The number of ether oxygens (including phenoxy) is 1. The number of rotatable bonds is 3. The molecule has 0 aliphatic carbocycles. The number of aliphatic imine (C=N–C) groups is 1. The molecule has 2 heterocycles. The monoisotopic (exact) mass is 226 g/mol. The summed E-state index contributed by atoms with van der Waals surface area (Å²) in [6.07, 6.45) is 0.604. The second-order valence-corrected chi connectivity index (χ2v) is 4.11. The highest BCUT2D eigenvalue weighted by Gasteiger charge is 2.25. The predicted molar refractivity (Wildman–Crippen MR) is 55.1 cm³/mol. The van der Waals surface area contributed by atoms with Gasteiger partial charge >= 0.3 is 0 Å². The molecule has 5 nitrogen and oxygen atoms in total.